The van der Waals surface area contributed by atoms with Crippen LogP contribution in [0.15, 0.2) is 54.6 Å². The predicted molar refractivity (Wildman–Crippen MR) is 87.8 cm³/mol. The Balaban J connectivity index is 1.83. The molecule has 2 aromatic carbocycles. The Morgan fingerprint density at radius 2 is 1.62 bits per heavy atom. The number of hydrogen-bond donors (Lipinski definition) is 0. The van der Waals surface area contributed by atoms with Crippen LogP contribution in [0.4, 0.5) is 5.69 Å². The standard InChI is InChI=1S/C19H18N2/c20-15-18(17-6-2-1-3-7-17)14-16-8-10-19(11-9-16)21-12-4-5-13-21/h1-3,6-11,14H,4-5,12-13H2/b18-14-. The highest BCUT2D eigenvalue weighted by molar-refractivity contribution is 5.89. The van der Waals surface area contributed by atoms with Gasteiger partial charge in [0.15, 0.2) is 0 Å². The Kier molecular flexibility index (Phi) is 4.02. The SMILES string of the molecule is N#C/C(=C/c1ccc(N2CCCC2)cc1)c1ccccc1. The number of nitriles is 1. The lowest BCUT2D eigenvalue weighted by Gasteiger charge is -2.17. The molecular formula is C19H18N2. The molecule has 2 heteroatoms. The van der Waals surface area contributed by atoms with Crippen molar-refractivity contribution in [3.8, 4) is 6.07 Å². The van der Waals surface area contributed by atoms with Gasteiger partial charge in [-0.3, -0.25) is 0 Å². The third-order valence-corrected chi connectivity index (χ3v) is 3.88. The van der Waals surface area contributed by atoms with Crippen molar-refractivity contribution in [2.75, 3.05) is 18.0 Å². The number of hydrogen-bond acceptors (Lipinski definition) is 2. The lowest BCUT2D eigenvalue weighted by Crippen LogP contribution is -2.17. The summed E-state index contributed by atoms with van der Waals surface area (Å²) in [4.78, 5) is 2.41. The molecule has 21 heavy (non-hydrogen) atoms. The van der Waals surface area contributed by atoms with Crippen LogP contribution in [0.5, 0.6) is 0 Å². The number of anilines is 1. The second-order valence-electron chi connectivity index (χ2n) is 5.32. The zero-order valence-electron chi connectivity index (χ0n) is 12.0. The van der Waals surface area contributed by atoms with E-state index in [0.717, 1.165) is 24.2 Å². The van der Waals surface area contributed by atoms with E-state index in [9.17, 15) is 5.26 Å². The van der Waals surface area contributed by atoms with Crippen molar-refractivity contribution in [3.63, 3.8) is 0 Å². The molecule has 0 radical (unpaired) electrons. The van der Waals surface area contributed by atoms with Gasteiger partial charge in [0.2, 0.25) is 0 Å². The average Bonchev–Trinajstić information content (AvgIpc) is 3.08. The number of benzene rings is 2. The fourth-order valence-electron chi connectivity index (χ4n) is 2.72. The predicted octanol–water partition coefficient (Wildman–Crippen LogP) is 4.35. The van der Waals surface area contributed by atoms with Crippen LogP contribution in [0.3, 0.4) is 0 Å². The molecule has 104 valence electrons. The van der Waals surface area contributed by atoms with E-state index in [1.807, 2.05) is 36.4 Å². The molecule has 1 fully saturated rings. The highest BCUT2D eigenvalue weighted by Crippen LogP contribution is 2.22. The molecule has 1 heterocycles. The molecule has 3 rings (SSSR count). The van der Waals surface area contributed by atoms with Crippen molar-refractivity contribution in [3.05, 3.63) is 65.7 Å². The average molecular weight is 274 g/mol. The quantitative estimate of drug-likeness (QED) is 0.614. The number of allylic oxidation sites excluding steroid dienone is 1. The van der Waals surface area contributed by atoms with Crippen LogP contribution < -0.4 is 4.90 Å². The number of rotatable bonds is 3. The van der Waals surface area contributed by atoms with Gasteiger partial charge >= 0.3 is 0 Å². The summed E-state index contributed by atoms with van der Waals surface area (Å²) in [6.45, 7) is 2.31. The third kappa shape index (κ3) is 3.14. The highest BCUT2D eigenvalue weighted by Gasteiger charge is 2.11. The molecule has 1 aliphatic heterocycles. The van der Waals surface area contributed by atoms with Gasteiger partial charge in [-0.15, -0.1) is 0 Å². The van der Waals surface area contributed by atoms with Crippen molar-refractivity contribution in [1.29, 1.82) is 5.26 Å². The summed E-state index contributed by atoms with van der Waals surface area (Å²) in [5, 5.41) is 9.34. The van der Waals surface area contributed by atoms with E-state index in [0.29, 0.717) is 5.57 Å². The Morgan fingerprint density at radius 1 is 0.952 bits per heavy atom. The van der Waals surface area contributed by atoms with Gasteiger partial charge in [0.1, 0.15) is 0 Å². The van der Waals surface area contributed by atoms with Gasteiger partial charge in [0.25, 0.3) is 0 Å². The molecule has 0 aromatic heterocycles. The van der Waals surface area contributed by atoms with Crippen LogP contribution in [0.25, 0.3) is 11.6 Å². The lowest BCUT2D eigenvalue weighted by atomic mass is 10.0. The van der Waals surface area contributed by atoms with E-state index in [1.54, 1.807) is 0 Å². The van der Waals surface area contributed by atoms with Gasteiger partial charge in [0.05, 0.1) is 11.6 Å². The topological polar surface area (TPSA) is 27.0 Å². The van der Waals surface area contributed by atoms with E-state index in [2.05, 4.69) is 35.2 Å². The van der Waals surface area contributed by atoms with Crippen LogP contribution >= 0.6 is 0 Å². The van der Waals surface area contributed by atoms with Gasteiger partial charge in [-0.05, 0) is 42.2 Å². The molecule has 0 spiro atoms. The molecule has 2 nitrogen and oxygen atoms in total. The molecule has 0 saturated carbocycles. The van der Waals surface area contributed by atoms with Crippen LogP contribution in [-0.2, 0) is 0 Å². The van der Waals surface area contributed by atoms with E-state index >= 15 is 0 Å². The van der Waals surface area contributed by atoms with Gasteiger partial charge in [-0.25, -0.2) is 0 Å². The minimum absolute atomic E-state index is 0.699. The molecule has 1 aliphatic rings. The summed E-state index contributed by atoms with van der Waals surface area (Å²) < 4.78 is 0. The molecule has 2 aromatic rings. The van der Waals surface area contributed by atoms with Gasteiger partial charge in [-0.2, -0.15) is 5.26 Å². The van der Waals surface area contributed by atoms with Gasteiger partial charge in [0, 0.05) is 18.8 Å². The fraction of sp³-hybridized carbons (Fsp3) is 0.211. The summed E-state index contributed by atoms with van der Waals surface area (Å²) in [6.07, 6.45) is 4.52. The summed E-state index contributed by atoms with van der Waals surface area (Å²) in [5.41, 5.74) is 4.01. The van der Waals surface area contributed by atoms with E-state index in [-0.39, 0.29) is 0 Å². The molecule has 0 amide bonds. The summed E-state index contributed by atoms with van der Waals surface area (Å²) in [5.74, 6) is 0. The Morgan fingerprint density at radius 3 is 2.24 bits per heavy atom. The molecular weight excluding hydrogens is 256 g/mol. The minimum Gasteiger partial charge on any atom is -0.372 e. The zero-order valence-corrected chi connectivity index (χ0v) is 12.0. The van der Waals surface area contributed by atoms with Crippen LogP contribution in [0.1, 0.15) is 24.0 Å². The second kappa shape index (κ2) is 6.28. The summed E-state index contributed by atoms with van der Waals surface area (Å²) in [7, 11) is 0. The first-order valence-corrected chi connectivity index (χ1v) is 7.39. The Labute approximate surface area is 126 Å². The first kappa shape index (κ1) is 13.5. The molecule has 0 atom stereocenters. The molecule has 0 bridgehead atoms. The lowest BCUT2D eigenvalue weighted by molar-refractivity contribution is 0.949. The Hall–Kier alpha value is -2.53. The van der Waals surface area contributed by atoms with Crippen molar-refractivity contribution in [2.45, 2.75) is 12.8 Å². The van der Waals surface area contributed by atoms with Crippen molar-refractivity contribution in [1.82, 2.24) is 0 Å². The van der Waals surface area contributed by atoms with Crippen LogP contribution in [0.2, 0.25) is 0 Å². The first-order valence-electron chi connectivity index (χ1n) is 7.39. The van der Waals surface area contributed by atoms with E-state index < -0.39 is 0 Å². The Bertz CT molecular complexity index is 657. The molecule has 0 aliphatic carbocycles. The second-order valence-corrected chi connectivity index (χ2v) is 5.32. The summed E-state index contributed by atoms with van der Waals surface area (Å²) >= 11 is 0. The van der Waals surface area contributed by atoms with Gasteiger partial charge < -0.3 is 4.90 Å². The van der Waals surface area contributed by atoms with Crippen molar-refractivity contribution >= 4 is 17.3 Å². The monoisotopic (exact) mass is 274 g/mol. The fourth-order valence-corrected chi connectivity index (χ4v) is 2.72. The highest BCUT2D eigenvalue weighted by atomic mass is 15.1. The summed E-state index contributed by atoms with van der Waals surface area (Å²) in [6, 6.07) is 20.6. The van der Waals surface area contributed by atoms with E-state index in [1.165, 1.54) is 18.5 Å². The third-order valence-electron chi connectivity index (χ3n) is 3.88. The van der Waals surface area contributed by atoms with Crippen LogP contribution in [0, 0.1) is 11.3 Å². The first-order chi connectivity index (χ1) is 10.4. The smallest absolute Gasteiger partial charge is 0.0998 e. The van der Waals surface area contributed by atoms with E-state index in [4.69, 9.17) is 0 Å². The zero-order chi connectivity index (χ0) is 14.5. The normalized spacial score (nSPS) is 15.0. The maximum absolute atomic E-state index is 9.34. The minimum atomic E-state index is 0.699. The maximum Gasteiger partial charge on any atom is 0.0998 e. The van der Waals surface area contributed by atoms with Crippen molar-refractivity contribution in [2.24, 2.45) is 0 Å². The number of nitrogens with zero attached hydrogens (tertiary/aromatic N) is 2. The molecule has 0 unspecified atom stereocenters. The van der Waals surface area contributed by atoms with Crippen molar-refractivity contribution < 1.29 is 0 Å². The molecule has 0 N–H and O–H groups in total. The largest absolute Gasteiger partial charge is 0.372 e. The maximum atomic E-state index is 9.34. The van der Waals surface area contributed by atoms with Gasteiger partial charge in [-0.1, -0.05) is 42.5 Å². The van der Waals surface area contributed by atoms with Crippen LogP contribution in [-0.4, -0.2) is 13.1 Å². The molecule has 1 saturated heterocycles.